The van der Waals surface area contributed by atoms with Crippen LogP contribution < -0.4 is 5.32 Å². The third-order valence-electron chi connectivity index (χ3n) is 7.60. The Morgan fingerprint density at radius 3 is 2.12 bits per heavy atom. The normalized spacial score (nSPS) is 23.4. The summed E-state index contributed by atoms with van der Waals surface area (Å²) in [5.74, 6) is -2.29. The van der Waals surface area contributed by atoms with Crippen LogP contribution in [-0.4, -0.2) is 64.5 Å². The van der Waals surface area contributed by atoms with Crippen molar-refractivity contribution in [1.29, 1.82) is 5.26 Å². The Bertz CT molecular complexity index is 1500. The van der Waals surface area contributed by atoms with Crippen LogP contribution in [0.25, 0.3) is 5.69 Å². The maximum absolute atomic E-state index is 13.7. The predicted molar refractivity (Wildman–Crippen MR) is 123 cm³/mol. The number of hydrogen-bond donors (Lipinski definition) is 1. The van der Waals surface area contributed by atoms with Crippen molar-refractivity contribution in [2.75, 3.05) is 6.54 Å². The van der Waals surface area contributed by atoms with Gasteiger partial charge in [-0.3, -0.25) is 9.59 Å². The van der Waals surface area contributed by atoms with Gasteiger partial charge in [0.05, 0.1) is 21.9 Å². The van der Waals surface area contributed by atoms with E-state index in [4.69, 9.17) is 0 Å². The van der Waals surface area contributed by atoms with Crippen LogP contribution in [0.1, 0.15) is 37.8 Å². The van der Waals surface area contributed by atoms with Crippen LogP contribution in [0.3, 0.4) is 0 Å². The van der Waals surface area contributed by atoms with E-state index in [9.17, 15) is 49.6 Å². The fraction of sp³-hybridized carbons (Fsp3) is 0.500. The van der Waals surface area contributed by atoms with Gasteiger partial charge in [0.15, 0.2) is 15.5 Å². The van der Waals surface area contributed by atoms with Crippen LogP contribution in [-0.2, 0) is 25.6 Å². The van der Waals surface area contributed by atoms with Gasteiger partial charge in [0.2, 0.25) is 11.8 Å². The number of rotatable bonds is 6. The monoisotopic (exact) mass is 589 g/mol. The second kappa shape index (κ2) is 8.95. The number of alkyl halides is 6. The van der Waals surface area contributed by atoms with Gasteiger partial charge in [-0.25, -0.2) is 13.1 Å². The molecule has 0 unspecified atom stereocenters. The van der Waals surface area contributed by atoms with Crippen LogP contribution in [0.5, 0.6) is 0 Å². The minimum atomic E-state index is -4.89. The van der Waals surface area contributed by atoms with Crippen molar-refractivity contribution in [2.24, 2.45) is 5.41 Å². The molecule has 1 N–H and O–H groups in total. The fourth-order valence-electron chi connectivity index (χ4n) is 4.82. The van der Waals surface area contributed by atoms with Crippen molar-refractivity contribution in [3.63, 3.8) is 0 Å². The molecule has 2 atom stereocenters. The highest BCUT2D eigenvalue weighted by atomic mass is 32.2. The summed E-state index contributed by atoms with van der Waals surface area (Å²) in [5, 5.41) is 13.7. The summed E-state index contributed by atoms with van der Waals surface area (Å²) in [4.78, 5) is 26.5. The number of aromatic nitrogens is 2. The van der Waals surface area contributed by atoms with E-state index in [1.54, 1.807) is 0 Å². The highest BCUT2D eigenvalue weighted by Gasteiger charge is 2.70. The second-order valence-electron chi connectivity index (χ2n) is 10.3. The van der Waals surface area contributed by atoms with E-state index >= 15 is 0 Å². The molecule has 0 spiro atoms. The maximum Gasteiger partial charge on any atom is 0.435 e. The molecule has 2 saturated carbocycles. The average Bonchev–Trinajstić information content (AvgIpc) is 3.74. The number of carbonyl (C=O) groups is 2. The number of carbonyl (C=O) groups excluding carboxylic acids is 2. The molecule has 0 bridgehead atoms. The number of sulfone groups is 1. The van der Waals surface area contributed by atoms with Gasteiger partial charge in [0.1, 0.15) is 17.0 Å². The second-order valence-corrected chi connectivity index (χ2v) is 12.5. The molecule has 1 aromatic carbocycles. The Morgan fingerprint density at radius 2 is 1.65 bits per heavy atom. The average molecular weight is 590 g/mol. The van der Waals surface area contributed by atoms with Crippen molar-refractivity contribution in [1.82, 2.24) is 20.0 Å². The Morgan fingerprint density at radius 1 is 1.02 bits per heavy atom. The van der Waals surface area contributed by atoms with Gasteiger partial charge in [-0.1, -0.05) is 0 Å². The molecule has 40 heavy (non-hydrogen) atoms. The first-order valence-corrected chi connectivity index (χ1v) is 13.7. The van der Waals surface area contributed by atoms with Gasteiger partial charge in [-0.05, 0) is 62.4 Å². The van der Waals surface area contributed by atoms with Gasteiger partial charge < -0.3 is 10.2 Å². The molecule has 1 aromatic heterocycles. The van der Waals surface area contributed by atoms with Crippen molar-refractivity contribution in [2.45, 2.75) is 66.2 Å². The zero-order valence-electron chi connectivity index (χ0n) is 20.5. The molecule has 2 amide bonds. The molecule has 2 aliphatic carbocycles. The van der Waals surface area contributed by atoms with Crippen LogP contribution in [0.15, 0.2) is 41.4 Å². The molecular formula is C24H21F6N5O4S. The Kier molecular flexibility index (Phi) is 6.25. The molecule has 16 heteroatoms. The van der Waals surface area contributed by atoms with Crippen molar-refractivity contribution in [3.05, 3.63) is 42.2 Å². The van der Waals surface area contributed by atoms with Gasteiger partial charge in [0, 0.05) is 12.7 Å². The van der Waals surface area contributed by atoms with Crippen LogP contribution in [0.2, 0.25) is 0 Å². The summed E-state index contributed by atoms with van der Waals surface area (Å²) in [5.41, 5.74) is -4.92. The number of halogens is 6. The van der Waals surface area contributed by atoms with E-state index < -0.39 is 87.8 Å². The SMILES string of the molecule is N#CC1(NC(=O)[C@@H]2C[C@@H](S(=O)(=O)c3ccc(-n4ccc(C(F)(F)F)n4)cc3)CN2C(=O)C2(C(F)(F)F)CC2)CC1. The summed E-state index contributed by atoms with van der Waals surface area (Å²) in [6.45, 7) is -0.674. The molecule has 214 valence electrons. The predicted octanol–water partition coefficient (Wildman–Crippen LogP) is 3.15. The topological polar surface area (TPSA) is 125 Å². The van der Waals surface area contributed by atoms with Gasteiger partial charge in [-0.2, -0.15) is 36.7 Å². The molecule has 2 heterocycles. The lowest BCUT2D eigenvalue weighted by atomic mass is 10.0. The van der Waals surface area contributed by atoms with Gasteiger partial charge in [-0.15, -0.1) is 0 Å². The highest BCUT2D eigenvalue weighted by Crippen LogP contribution is 2.59. The van der Waals surface area contributed by atoms with E-state index in [0.717, 1.165) is 29.1 Å². The first-order chi connectivity index (χ1) is 18.5. The zero-order chi connectivity index (χ0) is 29.3. The van der Waals surface area contributed by atoms with E-state index in [-0.39, 0.29) is 10.6 Å². The van der Waals surface area contributed by atoms with E-state index in [1.807, 2.05) is 6.07 Å². The fourth-order valence-corrected chi connectivity index (χ4v) is 6.52. The van der Waals surface area contributed by atoms with Crippen molar-refractivity contribution < 1.29 is 44.3 Å². The number of benzene rings is 1. The van der Waals surface area contributed by atoms with Crippen molar-refractivity contribution in [3.8, 4) is 11.8 Å². The smallest absolute Gasteiger partial charge is 0.336 e. The summed E-state index contributed by atoms with van der Waals surface area (Å²) in [6.07, 6.45) is -9.35. The molecule has 1 saturated heterocycles. The van der Waals surface area contributed by atoms with Crippen LogP contribution in [0.4, 0.5) is 26.3 Å². The number of nitriles is 1. The standard InChI is InChI=1S/C24H21F6N5O4S/c25-23(26,27)18-5-10-35(33-18)14-1-3-15(4-2-14)40(38,39)16-11-17(19(36)32-21(13-31)6-7-21)34(12-16)20(37)22(8-9-22)24(28,29)30/h1-5,10,16-17H,6-9,11-12H2,(H,32,36)/t16-,17+/m1/s1. The Balaban J connectivity index is 1.41. The van der Waals surface area contributed by atoms with Crippen LogP contribution in [0, 0.1) is 16.7 Å². The third-order valence-corrected chi connectivity index (χ3v) is 9.75. The number of hydrogen-bond acceptors (Lipinski definition) is 6. The van der Waals surface area contributed by atoms with Gasteiger partial charge in [0.25, 0.3) is 0 Å². The number of nitrogens with zero attached hydrogens (tertiary/aromatic N) is 4. The lowest BCUT2D eigenvalue weighted by Gasteiger charge is -2.29. The minimum absolute atomic E-state index is 0.113. The highest BCUT2D eigenvalue weighted by molar-refractivity contribution is 7.92. The lowest BCUT2D eigenvalue weighted by molar-refractivity contribution is -0.199. The first-order valence-electron chi connectivity index (χ1n) is 12.1. The summed E-state index contributed by atoms with van der Waals surface area (Å²) >= 11 is 0. The van der Waals surface area contributed by atoms with E-state index in [2.05, 4.69) is 10.4 Å². The molecule has 1 aliphatic heterocycles. The van der Waals surface area contributed by atoms with Gasteiger partial charge >= 0.3 is 12.4 Å². The van der Waals surface area contributed by atoms with Crippen molar-refractivity contribution >= 4 is 21.7 Å². The quantitative estimate of drug-likeness (QED) is 0.517. The minimum Gasteiger partial charge on any atom is -0.336 e. The summed E-state index contributed by atoms with van der Waals surface area (Å²) in [7, 11) is -4.31. The zero-order valence-corrected chi connectivity index (χ0v) is 21.3. The third kappa shape index (κ3) is 4.69. The number of likely N-dealkylation sites (tertiary alicyclic amines) is 1. The molecule has 2 aromatic rings. The van der Waals surface area contributed by atoms with E-state index in [0.29, 0.717) is 17.7 Å². The Labute approximate surface area is 223 Å². The summed E-state index contributed by atoms with van der Waals surface area (Å²) in [6, 6.07) is 5.73. The molecule has 9 nitrogen and oxygen atoms in total. The summed E-state index contributed by atoms with van der Waals surface area (Å²) < 4.78 is 108. The maximum atomic E-state index is 13.7. The molecule has 3 fully saturated rings. The Hall–Kier alpha value is -3.61. The number of nitrogens with one attached hydrogen (secondary N) is 1. The lowest BCUT2D eigenvalue weighted by Crippen LogP contribution is -2.53. The molecular weight excluding hydrogens is 568 g/mol. The molecule has 5 rings (SSSR count). The molecule has 0 radical (unpaired) electrons. The molecule has 3 aliphatic rings. The van der Waals surface area contributed by atoms with E-state index in [1.165, 1.54) is 12.1 Å². The first kappa shape index (κ1) is 27.9. The largest absolute Gasteiger partial charge is 0.435 e. The van der Waals surface area contributed by atoms with Crippen LogP contribution >= 0.6 is 0 Å². The number of amides is 2.